The van der Waals surface area contributed by atoms with E-state index in [0.29, 0.717) is 13.2 Å². The standard InChI is InChI=1S/C14H16N4O2/c1-19-12-4-2-11(3-5-12)13-14(15-10-16-17-13)18-6-8-20-9-7-18/h2-5,10H,6-9H2,1H3. The van der Waals surface area contributed by atoms with E-state index in [2.05, 4.69) is 20.1 Å². The first kappa shape index (κ1) is 12.8. The normalized spacial score (nSPS) is 15.2. The van der Waals surface area contributed by atoms with Crippen molar-refractivity contribution in [2.24, 2.45) is 0 Å². The molecule has 0 spiro atoms. The fourth-order valence-electron chi connectivity index (χ4n) is 2.21. The molecule has 0 N–H and O–H groups in total. The summed E-state index contributed by atoms with van der Waals surface area (Å²) in [6, 6.07) is 7.75. The zero-order valence-electron chi connectivity index (χ0n) is 11.3. The molecule has 1 aliphatic heterocycles. The largest absolute Gasteiger partial charge is 0.497 e. The third-order valence-corrected chi connectivity index (χ3v) is 3.28. The van der Waals surface area contributed by atoms with Gasteiger partial charge in [-0.3, -0.25) is 0 Å². The Morgan fingerprint density at radius 1 is 1.15 bits per heavy atom. The number of rotatable bonds is 3. The van der Waals surface area contributed by atoms with E-state index < -0.39 is 0 Å². The van der Waals surface area contributed by atoms with E-state index in [-0.39, 0.29) is 0 Å². The summed E-state index contributed by atoms with van der Waals surface area (Å²) in [5, 5.41) is 8.15. The number of hydrogen-bond acceptors (Lipinski definition) is 6. The third kappa shape index (κ3) is 2.55. The molecule has 2 heterocycles. The second-order valence-corrected chi connectivity index (χ2v) is 4.46. The van der Waals surface area contributed by atoms with Crippen LogP contribution in [0.4, 0.5) is 5.82 Å². The van der Waals surface area contributed by atoms with Crippen LogP contribution in [0.5, 0.6) is 5.75 Å². The van der Waals surface area contributed by atoms with Gasteiger partial charge in [0.15, 0.2) is 5.82 Å². The molecule has 1 aromatic carbocycles. The third-order valence-electron chi connectivity index (χ3n) is 3.28. The molecule has 1 aliphatic rings. The molecular formula is C14H16N4O2. The van der Waals surface area contributed by atoms with Crippen LogP contribution in [-0.4, -0.2) is 48.6 Å². The Morgan fingerprint density at radius 2 is 1.90 bits per heavy atom. The van der Waals surface area contributed by atoms with Gasteiger partial charge in [0.05, 0.1) is 20.3 Å². The topological polar surface area (TPSA) is 60.4 Å². The molecule has 6 heteroatoms. The summed E-state index contributed by atoms with van der Waals surface area (Å²) in [6.07, 6.45) is 1.48. The fraction of sp³-hybridized carbons (Fsp3) is 0.357. The van der Waals surface area contributed by atoms with Gasteiger partial charge in [-0.15, -0.1) is 10.2 Å². The van der Waals surface area contributed by atoms with Gasteiger partial charge >= 0.3 is 0 Å². The van der Waals surface area contributed by atoms with Gasteiger partial charge < -0.3 is 14.4 Å². The van der Waals surface area contributed by atoms with Crippen molar-refractivity contribution in [3.63, 3.8) is 0 Å². The number of ether oxygens (including phenoxy) is 2. The van der Waals surface area contributed by atoms with Gasteiger partial charge in [-0.25, -0.2) is 4.98 Å². The van der Waals surface area contributed by atoms with Crippen LogP contribution in [0.2, 0.25) is 0 Å². The zero-order valence-corrected chi connectivity index (χ0v) is 11.3. The van der Waals surface area contributed by atoms with Crippen molar-refractivity contribution in [1.82, 2.24) is 15.2 Å². The highest BCUT2D eigenvalue weighted by Crippen LogP contribution is 2.27. The lowest BCUT2D eigenvalue weighted by Gasteiger charge is -2.28. The summed E-state index contributed by atoms with van der Waals surface area (Å²) in [5.41, 5.74) is 1.77. The summed E-state index contributed by atoms with van der Waals surface area (Å²) in [5.74, 6) is 1.67. The van der Waals surface area contributed by atoms with Gasteiger partial charge in [0.25, 0.3) is 0 Å². The molecule has 3 rings (SSSR count). The summed E-state index contributed by atoms with van der Waals surface area (Å²) >= 11 is 0. The minimum atomic E-state index is 0.714. The average molecular weight is 272 g/mol. The first-order chi connectivity index (χ1) is 9.88. The molecule has 0 amide bonds. The predicted octanol–water partition coefficient (Wildman–Crippen LogP) is 1.38. The maximum absolute atomic E-state index is 5.38. The molecule has 1 saturated heterocycles. The van der Waals surface area contributed by atoms with Gasteiger partial charge in [0.1, 0.15) is 17.8 Å². The molecule has 6 nitrogen and oxygen atoms in total. The van der Waals surface area contributed by atoms with Gasteiger partial charge in [0, 0.05) is 18.7 Å². The Kier molecular flexibility index (Phi) is 3.73. The molecule has 0 unspecified atom stereocenters. The zero-order chi connectivity index (χ0) is 13.8. The van der Waals surface area contributed by atoms with Crippen LogP contribution in [-0.2, 0) is 4.74 Å². The Morgan fingerprint density at radius 3 is 2.60 bits per heavy atom. The van der Waals surface area contributed by atoms with Crippen LogP contribution in [0.1, 0.15) is 0 Å². The van der Waals surface area contributed by atoms with E-state index in [1.165, 1.54) is 6.33 Å². The summed E-state index contributed by atoms with van der Waals surface area (Å²) in [4.78, 5) is 6.57. The van der Waals surface area contributed by atoms with Crippen molar-refractivity contribution in [1.29, 1.82) is 0 Å². The van der Waals surface area contributed by atoms with Crippen LogP contribution < -0.4 is 9.64 Å². The molecule has 20 heavy (non-hydrogen) atoms. The van der Waals surface area contributed by atoms with Gasteiger partial charge in [-0.1, -0.05) is 0 Å². The highest BCUT2D eigenvalue weighted by molar-refractivity contribution is 5.72. The van der Waals surface area contributed by atoms with Crippen molar-refractivity contribution in [2.45, 2.75) is 0 Å². The van der Waals surface area contributed by atoms with Crippen LogP contribution in [0.3, 0.4) is 0 Å². The quantitative estimate of drug-likeness (QED) is 0.841. The Balaban J connectivity index is 1.95. The lowest BCUT2D eigenvalue weighted by Crippen LogP contribution is -2.37. The second-order valence-electron chi connectivity index (χ2n) is 4.46. The highest BCUT2D eigenvalue weighted by Gasteiger charge is 2.18. The Bertz CT molecular complexity index is 568. The van der Waals surface area contributed by atoms with Crippen molar-refractivity contribution in [2.75, 3.05) is 38.3 Å². The molecule has 1 fully saturated rings. The van der Waals surface area contributed by atoms with Crippen LogP contribution in [0.25, 0.3) is 11.3 Å². The van der Waals surface area contributed by atoms with E-state index in [1.807, 2.05) is 24.3 Å². The first-order valence-corrected chi connectivity index (χ1v) is 6.53. The Labute approximate surface area is 117 Å². The summed E-state index contributed by atoms with van der Waals surface area (Å²) in [7, 11) is 1.65. The number of morpholine rings is 1. The molecule has 0 bridgehead atoms. The lowest BCUT2D eigenvalue weighted by atomic mass is 10.1. The average Bonchev–Trinajstić information content (AvgIpc) is 2.56. The van der Waals surface area contributed by atoms with Crippen LogP contribution in [0.15, 0.2) is 30.6 Å². The fourth-order valence-corrected chi connectivity index (χ4v) is 2.21. The smallest absolute Gasteiger partial charge is 0.159 e. The lowest BCUT2D eigenvalue weighted by molar-refractivity contribution is 0.122. The van der Waals surface area contributed by atoms with Gasteiger partial charge in [0.2, 0.25) is 0 Å². The highest BCUT2D eigenvalue weighted by atomic mass is 16.5. The number of benzene rings is 1. The Hall–Kier alpha value is -2.21. The number of anilines is 1. The number of nitrogens with zero attached hydrogens (tertiary/aromatic N) is 4. The van der Waals surface area contributed by atoms with Crippen molar-refractivity contribution in [3.8, 4) is 17.0 Å². The van der Waals surface area contributed by atoms with Crippen molar-refractivity contribution < 1.29 is 9.47 Å². The van der Waals surface area contributed by atoms with Crippen molar-refractivity contribution >= 4 is 5.82 Å². The maximum atomic E-state index is 5.38. The molecule has 2 aromatic rings. The molecule has 0 saturated carbocycles. The van der Waals surface area contributed by atoms with Crippen LogP contribution in [0, 0.1) is 0 Å². The molecular weight excluding hydrogens is 256 g/mol. The SMILES string of the molecule is COc1ccc(-c2nncnc2N2CCOCC2)cc1. The number of aromatic nitrogens is 3. The van der Waals surface area contributed by atoms with E-state index in [4.69, 9.17) is 9.47 Å². The van der Waals surface area contributed by atoms with Crippen molar-refractivity contribution in [3.05, 3.63) is 30.6 Å². The number of methoxy groups -OCH3 is 1. The molecule has 0 atom stereocenters. The monoisotopic (exact) mass is 272 g/mol. The summed E-state index contributed by atoms with van der Waals surface area (Å²) in [6.45, 7) is 3.07. The van der Waals surface area contributed by atoms with Gasteiger partial charge in [-0.05, 0) is 24.3 Å². The molecule has 0 radical (unpaired) electrons. The predicted molar refractivity (Wildman–Crippen MR) is 74.8 cm³/mol. The first-order valence-electron chi connectivity index (χ1n) is 6.53. The van der Waals surface area contributed by atoms with E-state index in [0.717, 1.165) is 35.9 Å². The minimum absolute atomic E-state index is 0.714. The van der Waals surface area contributed by atoms with Gasteiger partial charge in [-0.2, -0.15) is 0 Å². The van der Waals surface area contributed by atoms with Crippen LogP contribution >= 0.6 is 0 Å². The molecule has 1 aromatic heterocycles. The molecule has 0 aliphatic carbocycles. The summed E-state index contributed by atoms with van der Waals surface area (Å²) < 4.78 is 10.5. The second kappa shape index (κ2) is 5.83. The number of hydrogen-bond donors (Lipinski definition) is 0. The van der Waals surface area contributed by atoms with E-state index in [9.17, 15) is 0 Å². The molecule has 104 valence electrons. The van der Waals surface area contributed by atoms with E-state index >= 15 is 0 Å². The van der Waals surface area contributed by atoms with E-state index in [1.54, 1.807) is 7.11 Å². The maximum Gasteiger partial charge on any atom is 0.159 e. The minimum Gasteiger partial charge on any atom is -0.497 e.